The molecule has 0 bridgehead atoms. The van der Waals surface area contributed by atoms with Crippen molar-refractivity contribution in [2.45, 2.75) is 76.7 Å². The topological polar surface area (TPSA) is 89.3 Å². The second-order valence-corrected chi connectivity index (χ2v) is 10.4. The zero-order valence-corrected chi connectivity index (χ0v) is 20.5. The highest BCUT2D eigenvalue weighted by Crippen LogP contribution is 2.48. The van der Waals surface area contributed by atoms with Gasteiger partial charge in [0, 0.05) is 42.7 Å². The van der Waals surface area contributed by atoms with Gasteiger partial charge in [-0.25, -0.2) is 0 Å². The molecule has 0 spiro atoms. The summed E-state index contributed by atoms with van der Waals surface area (Å²) in [7, 11) is 1.54. The van der Waals surface area contributed by atoms with Crippen LogP contribution >= 0.6 is 11.6 Å². The minimum atomic E-state index is -0.183. The average molecular weight is 475 g/mol. The number of rotatable bonds is 11. The maximum Gasteiger partial charge on any atom is 0.225 e. The predicted molar refractivity (Wildman–Crippen MR) is 129 cm³/mol. The van der Waals surface area contributed by atoms with Crippen molar-refractivity contribution in [1.82, 2.24) is 14.8 Å². The normalized spacial score (nSPS) is 21.0. The van der Waals surface area contributed by atoms with Crippen LogP contribution in [0.3, 0.4) is 0 Å². The largest absolute Gasteiger partial charge is 0.495 e. The van der Waals surface area contributed by atoms with E-state index in [0.29, 0.717) is 34.8 Å². The Hall–Kier alpha value is -2.12. The first-order valence-electron chi connectivity index (χ1n) is 12.1. The fourth-order valence-electron chi connectivity index (χ4n) is 5.04. The molecule has 2 N–H and O–H groups in total. The van der Waals surface area contributed by atoms with E-state index in [1.54, 1.807) is 25.3 Å². The maximum absolute atomic E-state index is 12.9. The number of aliphatic hydroxyl groups excluding tert-OH is 1. The molecule has 2 aliphatic rings. The number of hydrogen-bond donors (Lipinski definition) is 2. The molecule has 1 amide bonds. The summed E-state index contributed by atoms with van der Waals surface area (Å²) >= 11 is 6.09. The second kappa shape index (κ2) is 10.4. The highest BCUT2D eigenvalue weighted by atomic mass is 35.5. The van der Waals surface area contributed by atoms with Gasteiger partial charge in [-0.1, -0.05) is 25.4 Å². The summed E-state index contributed by atoms with van der Waals surface area (Å²) in [4.78, 5) is 12.9. The third-order valence-electron chi connectivity index (χ3n) is 6.78. The van der Waals surface area contributed by atoms with Crippen LogP contribution in [-0.2, 0) is 4.79 Å². The smallest absolute Gasteiger partial charge is 0.225 e. The van der Waals surface area contributed by atoms with Crippen LogP contribution in [0.1, 0.15) is 88.3 Å². The zero-order chi connectivity index (χ0) is 23.5. The monoisotopic (exact) mass is 474 g/mol. The summed E-state index contributed by atoms with van der Waals surface area (Å²) in [5, 5.41) is 22.3. The average Bonchev–Trinajstić information content (AvgIpc) is 3.50. The molecular formula is C25H35ClN4O3. The number of amides is 1. The molecule has 180 valence electrons. The van der Waals surface area contributed by atoms with E-state index in [1.165, 1.54) is 19.3 Å². The molecule has 4 rings (SSSR count). The molecule has 1 heterocycles. The van der Waals surface area contributed by atoms with Gasteiger partial charge in [-0.3, -0.25) is 4.79 Å². The number of aromatic nitrogens is 3. The number of ether oxygens (including phenoxy) is 1. The Morgan fingerprint density at radius 3 is 2.70 bits per heavy atom. The van der Waals surface area contributed by atoms with E-state index in [-0.39, 0.29) is 24.9 Å². The van der Waals surface area contributed by atoms with Crippen LogP contribution in [-0.4, -0.2) is 39.5 Å². The molecule has 33 heavy (non-hydrogen) atoms. The van der Waals surface area contributed by atoms with Crippen LogP contribution in [0.5, 0.6) is 5.75 Å². The number of hydrogen-bond acceptors (Lipinski definition) is 5. The summed E-state index contributed by atoms with van der Waals surface area (Å²) in [5.74, 6) is 4.08. The van der Waals surface area contributed by atoms with Crippen molar-refractivity contribution in [1.29, 1.82) is 0 Å². The second-order valence-electron chi connectivity index (χ2n) is 9.99. The van der Waals surface area contributed by atoms with E-state index in [9.17, 15) is 9.90 Å². The van der Waals surface area contributed by atoms with Crippen molar-refractivity contribution in [2.24, 2.45) is 11.8 Å². The van der Waals surface area contributed by atoms with Crippen molar-refractivity contribution in [3.63, 3.8) is 0 Å². The van der Waals surface area contributed by atoms with Crippen LogP contribution in [0.25, 0.3) is 0 Å². The van der Waals surface area contributed by atoms with E-state index in [4.69, 9.17) is 16.3 Å². The number of carbonyl (C=O) groups excluding carboxylic acids is 1. The summed E-state index contributed by atoms with van der Waals surface area (Å²) in [6.07, 6.45) is 6.58. The van der Waals surface area contributed by atoms with Crippen molar-refractivity contribution in [3.8, 4) is 5.75 Å². The van der Waals surface area contributed by atoms with Crippen LogP contribution < -0.4 is 10.1 Å². The molecule has 0 aliphatic heterocycles. The van der Waals surface area contributed by atoms with E-state index in [2.05, 4.69) is 33.9 Å². The van der Waals surface area contributed by atoms with Crippen molar-refractivity contribution in [2.75, 3.05) is 19.0 Å². The molecule has 2 fully saturated rings. The molecule has 2 saturated carbocycles. The summed E-state index contributed by atoms with van der Waals surface area (Å²) in [5.41, 5.74) is 0.624. The Balaban J connectivity index is 1.47. The van der Waals surface area contributed by atoms with Gasteiger partial charge in [-0.05, 0) is 62.5 Å². The minimum Gasteiger partial charge on any atom is -0.495 e. The quantitative estimate of drug-likeness (QED) is 0.460. The van der Waals surface area contributed by atoms with E-state index in [1.807, 2.05) is 0 Å². The Kier molecular flexibility index (Phi) is 7.59. The fourth-order valence-corrected chi connectivity index (χ4v) is 5.23. The summed E-state index contributed by atoms with van der Waals surface area (Å²) in [6, 6.07) is 5.58. The minimum absolute atomic E-state index is 0.000530. The Morgan fingerprint density at radius 1 is 1.30 bits per heavy atom. The highest BCUT2D eigenvalue weighted by molar-refractivity contribution is 6.32. The first-order chi connectivity index (χ1) is 15.9. The number of halogens is 1. The van der Waals surface area contributed by atoms with Crippen molar-refractivity contribution in [3.05, 3.63) is 34.9 Å². The molecule has 2 aromatic rings. The van der Waals surface area contributed by atoms with Crippen LogP contribution in [0.4, 0.5) is 5.69 Å². The lowest BCUT2D eigenvalue weighted by molar-refractivity contribution is -0.116. The van der Waals surface area contributed by atoms with Gasteiger partial charge in [-0.2, -0.15) is 0 Å². The molecular weight excluding hydrogens is 440 g/mol. The number of benzene rings is 1. The number of anilines is 1. The number of aliphatic hydroxyl groups is 1. The lowest BCUT2D eigenvalue weighted by atomic mass is 9.71. The van der Waals surface area contributed by atoms with Crippen LogP contribution in [0, 0.1) is 11.8 Å². The Bertz CT molecular complexity index is 967. The van der Waals surface area contributed by atoms with Gasteiger partial charge in [0.15, 0.2) is 0 Å². The van der Waals surface area contributed by atoms with Gasteiger partial charge < -0.3 is 19.7 Å². The van der Waals surface area contributed by atoms with Gasteiger partial charge in [0.2, 0.25) is 5.91 Å². The standard InChI is InChI=1S/C25H35ClN4O3/c1-15(2)10-16-11-18(12-16)25-29-28-24(30(25)20-5-6-20)17(8-9-31)13-23(32)27-19-4-7-21(26)22(14-19)33-3/h4,7,14-18,20,31H,5-6,8-13H2,1-3H3,(H,27,32)/t16?,17-,18?/m0/s1. The molecule has 0 radical (unpaired) electrons. The summed E-state index contributed by atoms with van der Waals surface area (Å²) in [6.45, 7) is 4.56. The van der Waals surface area contributed by atoms with Crippen molar-refractivity contribution < 1.29 is 14.6 Å². The van der Waals surface area contributed by atoms with E-state index < -0.39 is 0 Å². The number of methoxy groups -OCH3 is 1. The van der Waals surface area contributed by atoms with E-state index in [0.717, 1.165) is 36.3 Å². The molecule has 8 heteroatoms. The van der Waals surface area contributed by atoms with Gasteiger partial charge in [0.25, 0.3) is 0 Å². The number of nitrogens with one attached hydrogen (secondary N) is 1. The third-order valence-corrected chi connectivity index (χ3v) is 7.09. The maximum atomic E-state index is 12.9. The molecule has 1 aromatic heterocycles. The Morgan fingerprint density at radius 2 is 2.06 bits per heavy atom. The highest BCUT2D eigenvalue weighted by Gasteiger charge is 2.39. The predicted octanol–water partition coefficient (Wildman–Crippen LogP) is 5.31. The Labute approximate surface area is 200 Å². The zero-order valence-electron chi connectivity index (χ0n) is 19.8. The van der Waals surface area contributed by atoms with Gasteiger partial charge in [0.1, 0.15) is 17.4 Å². The van der Waals surface area contributed by atoms with E-state index >= 15 is 0 Å². The number of nitrogens with zero attached hydrogens (tertiary/aromatic N) is 3. The lowest BCUT2D eigenvalue weighted by Crippen LogP contribution is -2.26. The summed E-state index contributed by atoms with van der Waals surface area (Å²) < 4.78 is 7.54. The molecule has 1 atom stereocenters. The van der Waals surface area contributed by atoms with Crippen molar-refractivity contribution >= 4 is 23.2 Å². The van der Waals surface area contributed by atoms with Gasteiger partial charge in [0.05, 0.1) is 12.1 Å². The SMILES string of the molecule is COc1cc(NC(=O)C[C@H](CCO)c2nnc(C3CC(CC(C)C)C3)n2C2CC2)ccc1Cl. The fraction of sp³-hybridized carbons (Fsp3) is 0.640. The molecule has 1 aromatic carbocycles. The molecule has 0 unspecified atom stereocenters. The third kappa shape index (κ3) is 5.69. The molecule has 7 nitrogen and oxygen atoms in total. The first-order valence-corrected chi connectivity index (χ1v) is 12.5. The molecule has 0 saturated heterocycles. The van der Waals surface area contributed by atoms with Gasteiger partial charge in [-0.15, -0.1) is 10.2 Å². The first kappa shape index (κ1) is 24.0. The number of carbonyl (C=O) groups is 1. The van der Waals surface area contributed by atoms with Crippen LogP contribution in [0.15, 0.2) is 18.2 Å². The van der Waals surface area contributed by atoms with Gasteiger partial charge >= 0.3 is 0 Å². The lowest BCUT2D eigenvalue weighted by Gasteiger charge is -2.36. The van der Waals surface area contributed by atoms with Crippen LogP contribution in [0.2, 0.25) is 5.02 Å². The molecule has 2 aliphatic carbocycles.